The summed E-state index contributed by atoms with van der Waals surface area (Å²) in [7, 11) is 0. The van der Waals surface area contributed by atoms with Crippen LogP contribution in [0.4, 0.5) is 0 Å². The molecule has 0 aliphatic heterocycles. The van der Waals surface area contributed by atoms with Crippen LogP contribution in [0.5, 0.6) is 0 Å². The molecule has 0 spiro atoms. The molecule has 22 heavy (non-hydrogen) atoms. The smallest absolute Gasteiger partial charge is 0.327 e. The van der Waals surface area contributed by atoms with Gasteiger partial charge in [-0.2, -0.15) is 0 Å². The van der Waals surface area contributed by atoms with Crippen molar-refractivity contribution in [3.05, 3.63) is 61.5 Å². The van der Waals surface area contributed by atoms with Crippen LogP contribution >= 0.6 is 15.9 Å². The summed E-state index contributed by atoms with van der Waals surface area (Å²) in [5.74, 6) is 0. The molecule has 114 valence electrons. The van der Waals surface area contributed by atoms with Crippen LogP contribution in [0.1, 0.15) is 18.9 Å². The van der Waals surface area contributed by atoms with E-state index < -0.39 is 0 Å². The lowest BCUT2D eigenvalue weighted by Gasteiger charge is -2.10. The summed E-state index contributed by atoms with van der Waals surface area (Å²) >= 11 is 3.24. The molecule has 6 nitrogen and oxygen atoms in total. The SMILES string of the molecule is CCCn1c(=O)c2[nH]c(Br)nc2n(Cc2ccccc2)c1=O. The lowest BCUT2D eigenvalue weighted by molar-refractivity contribution is 0.579. The van der Waals surface area contributed by atoms with Gasteiger partial charge in [-0.3, -0.25) is 13.9 Å². The minimum Gasteiger partial charge on any atom is -0.327 e. The highest BCUT2D eigenvalue weighted by Crippen LogP contribution is 2.12. The number of hydrogen-bond donors (Lipinski definition) is 1. The first-order chi connectivity index (χ1) is 10.6. The van der Waals surface area contributed by atoms with Crippen molar-refractivity contribution in [2.75, 3.05) is 0 Å². The molecule has 0 saturated heterocycles. The van der Waals surface area contributed by atoms with E-state index in [1.54, 1.807) is 0 Å². The standard InChI is InChI=1S/C15H15BrN4O2/c1-2-8-19-13(21)11-12(18-14(16)17-11)20(15(19)22)9-10-6-4-3-5-7-10/h3-7H,2,8-9H2,1H3,(H,17,18). The van der Waals surface area contributed by atoms with Crippen molar-refractivity contribution < 1.29 is 0 Å². The number of benzene rings is 1. The van der Waals surface area contributed by atoms with Crippen LogP contribution in [0.2, 0.25) is 0 Å². The number of nitrogens with one attached hydrogen (secondary N) is 1. The van der Waals surface area contributed by atoms with Gasteiger partial charge in [-0.1, -0.05) is 37.3 Å². The van der Waals surface area contributed by atoms with E-state index in [1.165, 1.54) is 9.13 Å². The minimum absolute atomic E-state index is 0.329. The number of fused-ring (bicyclic) bond motifs is 1. The van der Waals surface area contributed by atoms with E-state index in [0.717, 1.165) is 5.56 Å². The fraction of sp³-hybridized carbons (Fsp3) is 0.267. The summed E-state index contributed by atoms with van der Waals surface area (Å²) in [5, 5.41) is 0. The van der Waals surface area contributed by atoms with Crippen LogP contribution in [-0.4, -0.2) is 19.1 Å². The predicted octanol–water partition coefficient (Wildman–Crippen LogP) is 2.11. The lowest BCUT2D eigenvalue weighted by atomic mass is 10.2. The van der Waals surface area contributed by atoms with Crippen LogP contribution in [0.15, 0.2) is 44.7 Å². The van der Waals surface area contributed by atoms with Gasteiger partial charge < -0.3 is 4.98 Å². The highest BCUT2D eigenvalue weighted by Gasteiger charge is 2.16. The highest BCUT2D eigenvalue weighted by molar-refractivity contribution is 9.10. The molecule has 1 aromatic carbocycles. The van der Waals surface area contributed by atoms with E-state index in [2.05, 4.69) is 25.9 Å². The Kier molecular flexibility index (Phi) is 3.98. The molecule has 0 aliphatic rings. The fourth-order valence-corrected chi connectivity index (χ4v) is 2.83. The topological polar surface area (TPSA) is 72.7 Å². The van der Waals surface area contributed by atoms with Crippen molar-refractivity contribution in [3.63, 3.8) is 0 Å². The van der Waals surface area contributed by atoms with E-state index in [9.17, 15) is 9.59 Å². The van der Waals surface area contributed by atoms with E-state index in [-0.39, 0.29) is 11.2 Å². The minimum atomic E-state index is -0.331. The number of imidazole rings is 1. The molecule has 0 atom stereocenters. The molecule has 3 aromatic rings. The van der Waals surface area contributed by atoms with Gasteiger partial charge in [-0.15, -0.1) is 0 Å². The van der Waals surface area contributed by atoms with Crippen molar-refractivity contribution in [1.82, 2.24) is 19.1 Å². The Hall–Kier alpha value is -2.15. The molecule has 0 unspecified atom stereocenters. The second-order valence-electron chi connectivity index (χ2n) is 5.04. The summed E-state index contributed by atoms with van der Waals surface area (Å²) in [6.07, 6.45) is 0.710. The molecule has 0 fully saturated rings. The monoisotopic (exact) mass is 362 g/mol. The quantitative estimate of drug-likeness (QED) is 0.722. The number of hydrogen-bond acceptors (Lipinski definition) is 3. The van der Waals surface area contributed by atoms with Crippen LogP contribution in [0.3, 0.4) is 0 Å². The van der Waals surface area contributed by atoms with E-state index >= 15 is 0 Å². The number of H-pyrrole nitrogens is 1. The Morgan fingerprint density at radius 2 is 1.91 bits per heavy atom. The van der Waals surface area contributed by atoms with Gasteiger partial charge in [0, 0.05) is 6.54 Å². The lowest BCUT2D eigenvalue weighted by Crippen LogP contribution is -2.40. The number of rotatable bonds is 4. The Labute approximate surface area is 134 Å². The van der Waals surface area contributed by atoms with Crippen molar-refractivity contribution in [1.29, 1.82) is 0 Å². The summed E-state index contributed by atoms with van der Waals surface area (Å²) in [6, 6.07) is 9.63. The summed E-state index contributed by atoms with van der Waals surface area (Å²) in [5.41, 5.74) is 1.03. The third-order valence-electron chi connectivity index (χ3n) is 3.46. The first-order valence-electron chi connectivity index (χ1n) is 7.04. The molecule has 0 bridgehead atoms. The Bertz CT molecular complexity index is 924. The van der Waals surface area contributed by atoms with Gasteiger partial charge in [0.2, 0.25) is 0 Å². The molecular weight excluding hydrogens is 348 g/mol. The Morgan fingerprint density at radius 1 is 1.18 bits per heavy atom. The molecule has 0 saturated carbocycles. The van der Waals surface area contributed by atoms with Gasteiger partial charge in [0.25, 0.3) is 5.56 Å². The van der Waals surface area contributed by atoms with Gasteiger partial charge in [-0.25, -0.2) is 9.78 Å². The van der Waals surface area contributed by atoms with E-state index in [0.29, 0.717) is 35.4 Å². The molecule has 2 heterocycles. The number of halogens is 1. The van der Waals surface area contributed by atoms with E-state index in [1.807, 2.05) is 37.3 Å². The van der Waals surface area contributed by atoms with E-state index in [4.69, 9.17) is 0 Å². The number of aromatic amines is 1. The molecular formula is C15H15BrN4O2. The maximum atomic E-state index is 12.7. The first kappa shape index (κ1) is 14.8. The predicted molar refractivity (Wildman–Crippen MR) is 88.1 cm³/mol. The first-order valence-corrected chi connectivity index (χ1v) is 7.84. The third-order valence-corrected chi connectivity index (χ3v) is 3.84. The molecule has 1 N–H and O–H groups in total. The average Bonchev–Trinajstić information content (AvgIpc) is 2.91. The zero-order chi connectivity index (χ0) is 15.7. The van der Waals surface area contributed by atoms with Gasteiger partial charge in [-0.05, 0) is 27.9 Å². The van der Waals surface area contributed by atoms with Gasteiger partial charge in [0.15, 0.2) is 15.9 Å². The average molecular weight is 363 g/mol. The van der Waals surface area contributed by atoms with Crippen molar-refractivity contribution in [3.8, 4) is 0 Å². The maximum absolute atomic E-state index is 12.7. The summed E-state index contributed by atoms with van der Waals surface area (Å²) in [4.78, 5) is 32.2. The van der Waals surface area contributed by atoms with Gasteiger partial charge in [0.05, 0.1) is 6.54 Å². The van der Waals surface area contributed by atoms with Crippen LogP contribution in [0.25, 0.3) is 11.2 Å². The molecule has 0 radical (unpaired) electrons. The van der Waals surface area contributed by atoms with Crippen LogP contribution < -0.4 is 11.2 Å². The number of nitrogens with zero attached hydrogens (tertiary/aromatic N) is 3. The fourth-order valence-electron chi connectivity index (χ4n) is 2.47. The molecule has 0 aliphatic carbocycles. The Morgan fingerprint density at radius 3 is 2.59 bits per heavy atom. The zero-order valence-electron chi connectivity index (χ0n) is 12.0. The summed E-state index contributed by atoms with van der Waals surface area (Å²) in [6.45, 7) is 2.69. The molecule has 2 aromatic heterocycles. The van der Waals surface area contributed by atoms with Gasteiger partial charge in [0.1, 0.15) is 0 Å². The maximum Gasteiger partial charge on any atom is 0.333 e. The third kappa shape index (κ3) is 2.52. The molecule has 7 heteroatoms. The second kappa shape index (κ2) is 5.92. The van der Waals surface area contributed by atoms with Crippen LogP contribution in [0, 0.1) is 0 Å². The van der Waals surface area contributed by atoms with Crippen molar-refractivity contribution >= 4 is 27.1 Å². The molecule has 0 amide bonds. The number of aromatic nitrogens is 4. The van der Waals surface area contributed by atoms with Crippen molar-refractivity contribution in [2.45, 2.75) is 26.4 Å². The zero-order valence-corrected chi connectivity index (χ0v) is 13.6. The second-order valence-corrected chi connectivity index (χ2v) is 5.79. The molecule has 3 rings (SSSR count). The van der Waals surface area contributed by atoms with Gasteiger partial charge >= 0.3 is 5.69 Å². The normalized spacial score (nSPS) is 11.2. The largest absolute Gasteiger partial charge is 0.333 e. The van der Waals surface area contributed by atoms with Crippen LogP contribution in [-0.2, 0) is 13.1 Å². The highest BCUT2D eigenvalue weighted by atomic mass is 79.9. The summed E-state index contributed by atoms with van der Waals surface area (Å²) < 4.78 is 3.23. The van der Waals surface area contributed by atoms with Crippen molar-refractivity contribution in [2.24, 2.45) is 0 Å². The Balaban J connectivity index is 2.27.